The van der Waals surface area contributed by atoms with E-state index in [4.69, 9.17) is 42.5 Å². The van der Waals surface area contributed by atoms with Crippen molar-refractivity contribution in [2.45, 2.75) is 74.5 Å². The lowest BCUT2D eigenvalue weighted by Crippen LogP contribution is -2.47. The number of carbonyl (C=O) groups excluding carboxylic acids is 1. The third-order valence-electron chi connectivity index (χ3n) is 15.9. The molecule has 2 aromatic heterocycles. The molecule has 80 heavy (non-hydrogen) atoms. The molecule has 0 atom stereocenters. The van der Waals surface area contributed by atoms with Crippen molar-refractivity contribution in [2.24, 2.45) is 5.92 Å². The van der Waals surface area contributed by atoms with Crippen LogP contribution < -0.4 is 19.1 Å². The van der Waals surface area contributed by atoms with E-state index in [1.165, 1.54) is 17.2 Å². The van der Waals surface area contributed by atoms with E-state index in [1.54, 1.807) is 18.3 Å². The molecule has 0 spiro atoms. The molecule has 13 nitrogen and oxygen atoms in total. The molecule has 0 radical (unpaired) electrons. The van der Waals surface area contributed by atoms with E-state index in [0.29, 0.717) is 55.3 Å². The van der Waals surface area contributed by atoms with E-state index < -0.39 is 27.1 Å². The van der Waals surface area contributed by atoms with Gasteiger partial charge in [0.15, 0.2) is 0 Å². The maximum atomic E-state index is 14.6. The standard InChI is InChI=1S/C64H64Cl2N6O7S/c1-62(2)38-54(45-22-24-50(65)25-23-45)46(43-78-62)41-70-32-34-71(35-33-70)51-26-27-53(60(73)69-80(75,76)52-37-56(66)61(67-39-52)77-42-44-28-30-63(3,74)31-29-44)59(36-51)79-58-21-13-20-57-55(58)40-68-72(57)64(47-14-7-4-8-15-47,48-16-9-5-10-17-48)49-18-11-6-12-19-49/h4-27,36-37,39-40,44,74H,28-35,38,41-43H2,1-3H3,(H,69,73). The highest BCUT2D eigenvalue weighted by molar-refractivity contribution is 7.90. The van der Waals surface area contributed by atoms with Gasteiger partial charge in [-0.25, -0.2) is 22.8 Å². The first kappa shape index (κ1) is 54.9. The van der Waals surface area contributed by atoms with E-state index >= 15 is 0 Å². The Bertz CT molecular complexity index is 3560. The highest BCUT2D eigenvalue weighted by Gasteiger charge is 2.41. The predicted molar refractivity (Wildman–Crippen MR) is 315 cm³/mol. The van der Waals surface area contributed by atoms with Crippen LogP contribution in [0.15, 0.2) is 181 Å². The number of ether oxygens (including phenoxy) is 3. The fourth-order valence-corrected chi connectivity index (χ4v) is 12.8. The third-order valence-corrected chi connectivity index (χ3v) is 17.7. The van der Waals surface area contributed by atoms with Crippen LogP contribution in [0.3, 0.4) is 0 Å². The van der Waals surface area contributed by atoms with Gasteiger partial charge in [0.1, 0.15) is 27.0 Å². The van der Waals surface area contributed by atoms with Crippen molar-refractivity contribution in [3.05, 3.63) is 214 Å². The van der Waals surface area contributed by atoms with Crippen molar-refractivity contribution in [2.75, 3.05) is 50.8 Å². The summed E-state index contributed by atoms with van der Waals surface area (Å²) >= 11 is 12.9. The molecule has 2 fully saturated rings. The first-order chi connectivity index (χ1) is 38.5. The molecule has 6 aromatic carbocycles. The van der Waals surface area contributed by atoms with Crippen LogP contribution in [-0.4, -0.2) is 96.2 Å². The van der Waals surface area contributed by atoms with Crippen LogP contribution in [0, 0.1) is 5.92 Å². The first-order valence-electron chi connectivity index (χ1n) is 27.2. The number of nitrogens with one attached hydrogen (secondary N) is 1. The normalized spacial score (nSPS) is 19.0. The van der Waals surface area contributed by atoms with E-state index in [9.17, 15) is 18.3 Å². The summed E-state index contributed by atoms with van der Waals surface area (Å²) in [6.07, 6.45) is 6.57. The summed E-state index contributed by atoms with van der Waals surface area (Å²) in [7, 11) is -4.52. The van der Waals surface area contributed by atoms with Crippen LogP contribution >= 0.6 is 23.2 Å². The zero-order chi connectivity index (χ0) is 55.7. The molecule has 8 aromatic rings. The van der Waals surface area contributed by atoms with Gasteiger partial charge in [0.05, 0.1) is 53.3 Å². The number of amides is 1. The zero-order valence-corrected chi connectivity index (χ0v) is 47.4. The van der Waals surface area contributed by atoms with Crippen molar-refractivity contribution in [3.8, 4) is 17.4 Å². The van der Waals surface area contributed by atoms with Crippen LogP contribution in [0.1, 0.15) is 85.5 Å². The minimum atomic E-state index is -4.52. The molecule has 2 N–H and O–H groups in total. The van der Waals surface area contributed by atoms with Gasteiger partial charge in [-0.1, -0.05) is 132 Å². The smallest absolute Gasteiger partial charge is 0.268 e. The second-order valence-electron chi connectivity index (χ2n) is 22.1. The molecule has 16 heteroatoms. The number of aromatic nitrogens is 3. The molecule has 3 aliphatic rings. The first-order valence-corrected chi connectivity index (χ1v) is 29.4. The number of benzene rings is 6. The zero-order valence-electron chi connectivity index (χ0n) is 45.0. The second-order valence-corrected chi connectivity index (χ2v) is 24.6. The summed E-state index contributed by atoms with van der Waals surface area (Å²) < 4.78 is 51.7. The molecular weight excluding hydrogens is 1070 g/mol. The van der Waals surface area contributed by atoms with Gasteiger partial charge in [0.2, 0.25) is 5.88 Å². The number of aliphatic hydroxyl groups is 1. The third kappa shape index (κ3) is 11.6. The van der Waals surface area contributed by atoms with E-state index in [1.807, 2.05) is 103 Å². The SMILES string of the molecule is CC1(O)CCC(COc2ncc(S(=O)(=O)NC(=O)c3ccc(N4CCN(CC5=C(c6ccc(Cl)cc6)CC(C)(C)OC5)CC4)cc3Oc3cccc4c3cnn4C(c3ccccc3)(c3ccccc3)c3ccccc3)cc2Cl)CC1. The quantitative estimate of drug-likeness (QED) is 0.0891. The monoisotopic (exact) mass is 1130 g/mol. The average molecular weight is 1130 g/mol. The van der Waals surface area contributed by atoms with Crippen LogP contribution in [0.5, 0.6) is 17.4 Å². The second kappa shape index (κ2) is 22.8. The Labute approximate surface area is 477 Å². The summed E-state index contributed by atoms with van der Waals surface area (Å²) in [5.41, 5.74) is 6.29. The highest BCUT2D eigenvalue weighted by atomic mass is 35.5. The van der Waals surface area contributed by atoms with Crippen molar-refractivity contribution < 1.29 is 32.5 Å². The summed E-state index contributed by atoms with van der Waals surface area (Å²) in [5.74, 6) is -0.0898. The number of hydrogen-bond acceptors (Lipinski definition) is 11. The van der Waals surface area contributed by atoms with Crippen molar-refractivity contribution in [1.29, 1.82) is 0 Å². The van der Waals surface area contributed by atoms with Gasteiger partial charge >= 0.3 is 0 Å². The highest BCUT2D eigenvalue weighted by Crippen LogP contribution is 2.45. The topological polar surface area (TPSA) is 148 Å². The Balaban J connectivity index is 0.911. The lowest BCUT2D eigenvalue weighted by atomic mass is 9.77. The van der Waals surface area contributed by atoms with Gasteiger partial charge in [-0.3, -0.25) is 9.69 Å². The molecule has 0 bridgehead atoms. The van der Waals surface area contributed by atoms with E-state index in [2.05, 4.69) is 81.9 Å². The summed E-state index contributed by atoms with van der Waals surface area (Å²) in [4.78, 5) is 23.2. The fourth-order valence-electron chi connectivity index (χ4n) is 11.4. The Kier molecular flexibility index (Phi) is 15.7. The fraction of sp³-hybridized carbons (Fsp3) is 0.297. The summed E-state index contributed by atoms with van der Waals surface area (Å²) in [6, 6.07) is 51.0. The number of pyridine rings is 1. The minimum absolute atomic E-state index is 0.0140. The van der Waals surface area contributed by atoms with Gasteiger partial charge < -0.3 is 24.2 Å². The van der Waals surface area contributed by atoms with Crippen LogP contribution in [0.4, 0.5) is 5.69 Å². The number of fused-ring (bicyclic) bond motifs is 1. The maximum absolute atomic E-state index is 14.6. The number of carbonyl (C=O) groups is 1. The number of hydrogen-bond donors (Lipinski definition) is 2. The number of nitrogens with zero attached hydrogens (tertiary/aromatic N) is 5. The number of piperazine rings is 1. The molecule has 1 amide bonds. The lowest BCUT2D eigenvalue weighted by molar-refractivity contribution is -0.0101. The van der Waals surface area contributed by atoms with Crippen molar-refractivity contribution >= 4 is 61.3 Å². The average Bonchev–Trinajstić information content (AvgIpc) is 4.01. The molecule has 11 rings (SSSR count). The van der Waals surface area contributed by atoms with Crippen LogP contribution in [0.25, 0.3) is 16.5 Å². The van der Waals surface area contributed by atoms with E-state index in [0.717, 1.165) is 78.6 Å². The Hall–Kier alpha value is -7.04. The molecule has 4 heterocycles. The molecule has 0 unspecified atom stereocenters. The molecule has 412 valence electrons. The van der Waals surface area contributed by atoms with Crippen molar-refractivity contribution in [1.82, 2.24) is 24.4 Å². The summed E-state index contributed by atoms with van der Waals surface area (Å²) in [5, 5.41) is 16.9. The Morgan fingerprint density at radius 3 is 2.04 bits per heavy atom. The molecular formula is C64H64Cl2N6O7S. The van der Waals surface area contributed by atoms with Gasteiger partial charge in [0, 0.05) is 55.9 Å². The molecule has 1 saturated carbocycles. The molecule has 1 saturated heterocycles. The Morgan fingerprint density at radius 1 is 0.775 bits per heavy atom. The lowest BCUT2D eigenvalue weighted by Gasteiger charge is -2.39. The van der Waals surface area contributed by atoms with Crippen LogP contribution in [-0.2, 0) is 20.3 Å². The number of rotatable bonds is 16. The van der Waals surface area contributed by atoms with Gasteiger partial charge in [-0.2, -0.15) is 5.10 Å². The summed E-state index contributed by atoms with van der Waals surface area (Å²) in [6.45, 7) is 10.6. The number of sulfonamides is 1. The van der Waals surface area contributed by atoms with Gasteiger partial charge in [0.25, 0.3) is 15.9 Å². The molecule has 1 aliphatic carbocycles. The molecule has 2 aliphatic heterocycles. The number of halogens is 2. The van der Waals surface area contributed by atoms with Gasteiger partial charge in [-0.15, -0.1) is 0 Å². The minimum Gasteiger partial charge on any atom is -0.476 e. The van der Waals surface area contributed by atoms with Crippen LogP contribution in [0.2, 0.25) is 10.0 Å². The largest absolute Gasteiger partial charge is 0.476 e. The van der Waals surface area contributed by atoms with Crippen molar-refractivity contribution in [3.63, 3.8) is 0 Å². The Morgan fingerprint density at radius 2 is 1.41 bits per heavy atom. The predicted octanol–water partition coefficient (Wildman–Crippen LogP) is 12.6. The maximum Gasteiger partial charge on any atom is 0.268 e. The van der Waals surface area contributed by atoms with E-state index in [-0.39, 0.29) is 38.6 Å². The number of anilines is 1. The van der Waals surface area contributed by atoms with Gasteiger partial charge in [-0.05, 0) is 128 Å².